The van der Waals surface area contributed by atoms with Crippen LogP contribution in [0.5, 0.6) is 5.75 Å². The molecule has 1 aliphatic heterocycles. The number of morpholine rings is 1. The maximum atomic E-state index is 9.32. The molecule has 0 bridgehead atoms. The largest absolute Gasteiger partial charge is 0.495 e. The van der Waals surface area contributed by atoms with Gasteiger partial charge in [-0.1, -0.05) is 12.1 Å². The number of benzene rings is 1. The maximum Gasteiger partial charge on any atom is 0.142 e. The highest BCUT2D eigenvalue weighted by Crippen LogP contribution is 2.29. The summed E-state index contributed by atoms with van der Waals surface area (Å²) in [6, 6.07) is 7.87. The van der Waals surface area contributed by atoms with E-state index < -0.39 is 0 Å². The minimum atomic E-state index is 0.0186. The number of para-hydroxylation sites is 2. The quantitative estimate of drug-likeness (QED) is 0.826. The van der Waals surface area contributed by atoms with Crippen molar-refractivity contribution in [2.24, 2.45) is 0 Å². The Bertz CT molecular complexity index is 343. The normalized spacial score (nSPS) is 20.9. The van der Waals surface area contributed by atoms with Gasteiger partial charge in [-0.15, -0.1) is 0 Å². The van der Waals surface area contributed by atoms with Crippen LogP contribution in [0.25, 0.3) is 0 Å². The molecule has 1 unspecified atom stereocenters. The first-order valence-corrected chi connectivity index (χ1v) is 5.45. The summed E-state index contributed by atoms with van der Waals surface area (Å²) in [5.41, 5.74) is 1.02. The second kappa shape index (κ2) is 5.18. The van der Waals surface area contributed by atoms with E-state index in [-0.39, 0.29) is 12.6 Å². The van der Waals surface area contributed by atoms with E-state index in [9.17, 15) is 5.11 Å². The molecule has 0 aromatic heterocycles. The third-order valence-corrected chi connectivity index (χ3v) is 2.83. The van der Waals surface area contributed by atoms with Crippen LogP contribution in [-0.2, 0) is 4.74 Å². The molecule has 0 amide bonds. The van der Waals surface area contributed by atoms with E-state index in [4.69, 9.17) is 9.47 Å². The van der Waals surface area contributed by atoms with E-state index >= 15 is 0 Å². The second-order valence-electron chi connectivity index (χ2n) is 3.78. The van der Waals surface area contributed by atoms with Crippen LogP contribution in [-0.4, -0.2) is 44.6 Å². The molecular formula is C12H17NO3. The molecule has 0 saturated carbocycles. The maximum absolute atomic E-state index is 9.32. The first-order chi connectivity index (χ1) is 7.86. The van der Waals surface area contributed by atoms with Gasteiger partial charge in [-0.2, -0.15) is 0 Å². The van der Waals surface area contributed by atoms with Crippen molar-refractivity contribution in [1.29, 1.82) is 0 Å². The predicted molar refractivity (Wildman–Crippen MR) is 62.0 cm³/mol. The zero-order valence-corrected chi connectivity index (χ0v) is 9.43. The highest BCUT2D eigenvalue weighted by Gasteiger charge is 2.24. The fourth-order valence-electron chi connectivity index (χ4n) is 1.99. The number of methoxy groups -OCH3 is 1. The fourth-order valence-corrected chi connectivity index (χ4v) is 1.99. The van der Waals surface area contributed by atoms with Crippen LogP contribution in [0.3, 0.4) is 0 Å². The van der Waals surface area contributed by atoms with Crippen LogP contribution in [0.1, 0.15) is 0 Å². The molecule has 1 heterocycles. The van der Waals surface area contributed by atoms with Crippen LogP contribution >= 0.6 is 0 Å². The number of nitrogens with zero attached hydrogens (tertiary/aromatic N) is 1. The van der Waals surface area contributed by atoms with Crippen LogP contribution in [0.15, 0.2) is 24.3 Å². The monoisotopic (exact) mass is 223 g/mol. The van der Waals surface area contributed by atoms with Crippen molar-refractivity contribution >= 4 is 5.69 Å². The summed E-state index contributed by atoms with van der Waals surface area (Å²) in [5, 5.41) is 9.32. The van der Waals surface area contributed by atoms with Gasteiger partial charge in [0.25, 0.3) is 0 Å². The van der Waals surface area contributed by atoms with E-state index in [1.54, 1.807) is 7.11 Å². The Labute approximate surface area is 95.4 Å². The molecule has 1 aliphatic rings. The minimum Gasteiger partial charge on any atom is -0.495 e. The van der Waals surface area contributed by atoms with Crippen molar-refractivity contribution in [3.63, 3.8) is 0 Å². The Balaban J connectivity index is 2.26. The molecule has 1 atom stereocenters. The van der Waals surface area contributed by atoms with Crippen molar-refractivity contribution in [1.82, 2.24) is 0 Å². The van der Waals surface area contributed by atoms with Crippen LogP contribution in [0.2, 0.25) is 0 Å². The van der Waals surface area contributed by atoms with Crippen LogP contribution < -0.4 is 9.64 Å². The molecule has 1 aromatic rings. The van der Waals surface area contributed by atoms with Gasteiger partial charge < -0.3 is 19.5 Å². The second-order valence-corrected chi connectivity index (χ2v) is 3.78. The highest BCUT2D eigenvalue weighted by molar-refractivity contribution is 5.59. The van der Waals surface area contributed by atoms with Gasteiger partial charge in [-0.05, 0) is 12.1 Å². The fraction of sp³-hybridized carbons (Fsp3) is 0.500. The van der Waals surface area contributed by atoms with Crippen molar-refractivity contribution in [3.05, 3.63) is 24.3 Å². The summed E-state index contributed by atoms with van der Waals surface area (Å²) in [7, 11) is 1.66. The van der Waals surface area contributed by atoms with Crippen molar-refractivity contribution in [2.45, 2.75) is 6.04 Å². The van der Waals surface area contributed by atoms with Gasteiger partial charge in [-0.25, -0.2) is 0 Å². The van der Waals surface area contributed by atoms with E-state index in [1.165, 1.54) is 0 Å². The highest BCUT2D eigenvalue weighted by atomic mass is 16.5. The Morgan fingerprint density at radius 3 is 3.06 bits per heavy atom. The van der Waals surface area contributed by atoms with Crippen molar-refractivity contribution < 1.29 is 14.6 Å². The van der Waals surface area contributed by atoms with Gasteiger partial charge in [0.2, 0.25) is 0 Å². The molecule has 4 nitrogen and oxygen atoms in total. The zero-order valence-electron chi connectivity index (χ0n) is 9.43. The lowest BCUT2D eigenvalue weighted by atomic mass is 10.2. The Morgan fingerprint density at radius 1 is 1.50 bits per heavy atom. The molecule has 4 heteroatoms. The number of ether oxygens (including phenoxy) is 2. The van der Waals surface area contributed by atoms with Crippen molar-refractivity contribution in [2.75, 3.05) is 38.4 Å². The number of aliphatic hydroxyl groups excluding tert-OH is 1. The molecule has 2 rings (SSSR count). The average Bonchev–Trinajstić information content (AvgIpc) is 2.38. The van der Waals surface area contributed by atoms with Gasteiger partial charge >= 0.3 is 0 Å². The summed E-state index contributed by atoms with van der Waals surface area (Å²) in [4.78, 5) is 2.14. The smallest absolute Gasteiger partial charge is 0.142 e. The first-order valence-electron chi connectivity index (χ1n) is 5.45. The minimum absolute atomic E-state index is 0.0186. The molecule has 1 fully saturated rings. The van der Waals surface area contributed by atoms with E-state index in [1.807, 2.05) is 24.3 Å². The van der Waals surface area contributed by atoms with Crippen LogP contribution in [0, 0.1) is 0 Å². The molecular weight excluding hydrogens is 206 g/mol. The molecule has 1 N–H and O–H groups in total. The van der Waals surface area contributed by atoms with Gasteiger partial charge in [0.05, 0.1) is 38.7 Å². The zero-order chi connectivity index (χ0) is 11.4. The van der Waals surface area contributed by atoms with Gasteiger partial charge in [-0.3, -0.25) is 0 Å². The molecule has 0 spiro atoms. The summed E-state index contributed by atoms with van der Waals surface area (Å²) in [5.74, 6) is 0.836. The molecule has 88 valence electrons. The topological polar surface area (TPSA) is 41.9 Å². The third-order valence-electron chi connectivity index (χ3n) is 2.83. The number of hydrogen-bond acceptors (Lipinski definition) is 4. The lowest BCUT2D eigenvalue weighted by Crippen LogP contribution is -2.47. The molecule has 1 saturated heterocycles. The molecule has 16 heavy (non-hydrogen) atoms. The molecule has 0 radical (unpaired) electrons. The number of aliphatic hydroxyl groups is 1. The Morgan fingerprint density at radius 2 is 2.31 bits per heavy atom. The summed E-state index contributed by atoms with van der Waals surface area (Å²) < 4.78 is 10.7. The Hall–Kier alpha value is -1.26. The lowest BCUT2D eigenvalue weighted by molar-refractivity contribution is 0.0724. The van der Waals surface area contributed by atoms with Gasteiger partial charge in [0, 0.05) is 6.54 Å². The van der Waals surface area contributed by atoms with E-state index in [2.05, 4.69) is 4.90 Å². The van der Waals surface area contributed by atoms with E-state index in [0.717, 1.165) is 18.0 Å². The number of anilines is 1. The lowest BCUT2D eigenvalue weighted by Gasteiger charge is -2.36. The summed E-state index contributed by atoms with van der Waals surface area (Å²) in [6.07, 6.45) is 0. The van der Waals surface area contributed by atoms with Gasteiger partial charge in [0.15, 0.2) is 0 Å². The SMILES string of the molecule is COc1ccccc1N1CCOCC1CO. The molecule has 0 aliphatic carbocycles. The average molecular weight is 223 g/mol. The summed E-state index contributed by atoms with van der Waals surface area (Å²) >= 11 is 0. The van der Waals surface area contributed by atoms with Crippen LogP contribution in [0.4, 0.5) is 5.69 Å². The van der Waals surface area contributed by atoms with Crippen molar-refractivity contribution in [3.8, 4) is 5.75 Å². The van der Waals surface area contributed by atoms with E-state index in [0.29, 0.717) is 13.2 Å². The molecule has 1 aromatic carbocycles. The Kier molecular flexibility index (Phi) is 3.64. The first kappa shape index (κ1) is 11.2. The summed E-state index contributed by atoms with van der Waals surface area (Å²) in [6.45, 7) is 2.13. The third kappa shape index (κ3) is 2.13. The van der Waals surface area contributed by atoms with Gasteiger partial charge in [0.1, 0.15) is 5.75 Å². The standard InChI is InChI=1S/C12H17NO3/c1-15-12-5-3-2-4-11(12)13-6-7-16-9-10(13)8-14/h2-5,10,14H,6-9H2,1H3. The number of hydrogen-bond donors (Lipinski definition) is 1. The number of rotatable bonds is 3. The predicted octanol–water partition coefficient (Wildman–Crippen LogP) is 0.893.